The molecule has 0 aliphatic rings. The number of hydrogen-bond acceptors (Lipinski definition) is 6. The summed E-state index contributed by atoms with van der Waals surface area (Å²) in [6.45, 7) is 6.42. The highest BCUT2D eigenvalue weighted by Crippen LogP contribution is 2.14. The monoisotopic (exact) mass is 582 g/mol. The van der Waals surface area contributed by atoms with Crippen LogP contribution in [0.4, 0.5) is 0 Å². The van der Waals surface area contributed by atoms with Gasteiger partial charge in [0.15, 0.2) is 6.10 Å². The van der Waals surface area contributed by atoms with Gasteiger partial charge < -0.3 is 14.2 Å². The quantitative estimate of drug-likeness (QED) is 0.0459. The largest absolute Gasteiger partial charge is 0.462 e. The third kappa shape index (κ3) is 29.7. The predicted octanol–water partition coefficient (Wildman–Crippen LogP) is 10.2. The Morgan fingerprint density at radius 3 is 1.02 bits per heavy atom. The van der Waals surface area contributed by atoms with Crippen LogP contribution in [0.25, 0.3) is 0 Å². The molecule has 0 aromatic carbocycles. The van der Waals surface area contributed by atoms with Crippen molar-refractivity contribution in [2.75, 3.05) is 13.2 Å². The normalized spacial score (nSPS) is 11.8. The highest BCUT2D eigenvalue weighted by Gasteiger charge is 2.19. The van der Waals surface area contributed by atoms with Crippen LogP contribution in [0, 0.1) is 0 Å². The summed E-state index contributed by atoms with van der Waals surface area (Å²) in [6, 6.07) is 0. The fraction of sp³-hybridized carbons (Fsp3) is 0.914. The number of carbonyl (C=O) groups is 3. The van der Waals surface area contributed by atoms with Crippen molar-refractivity contribution in [1.82, 2.24) is 0 Å². The van der Waals surface area contributed by atoms with E-state index >= 15 is 0 Å². The van der Waals surface area contributed by atoms with Gasteiger partial charge in [-0.3, -0.25) is 14.4 Å². The second kappa shape index (κ2) is 31.3. The molecule has 6 nitrogen and oxygen atoms in total. The Bertz CT molecular complexity index is 605. The molecule has 41 heavy (non-hydrogen) atoms. The van der Waals surface area contributed by atoms with Gasteiger partial charge >= 0.3 is 17.9 Å². The van der Waals surface area contributed by atoms with Crippen molar-refractivity contribution in [2.24, 2.45) is 0 Å². The van der Waals surface area contributed by atoms with Gasteiger partial charge in [-0.2, -0.15) is 0 Å². The summed E-state index contributed by atoms with van der Waals surface area (Å²) in [5, 5.41) is 0. The Hall–Kier alpha value is -1.59. The van der Waals surface area contributed by atoms with Crippen LogP contribution in [0.15, 0.2) is 0 Å². The van der Waals surface area contributed by atoms with Crippen LogP contribution >= 0.6 is 0 Å². The van der Waals surface area contributed by atoms with E-state index < -0.39 is 6.10 Å². The number of rotatable bonds is 31. The van der Waals surface area contributed by atoms with Crippen LogP contribution in [0.2, 0.25) is 0 Å². The third-order valence-corrected chi connectivity index (χ3v) is 7.61. The van der Waals surface area contributed by atoms with Crippen molar-refractivity contribution in [1.29, 1.82) is 0 Å². The Morgan fingerprint density at radius 1 is 0.390 bits per heavy atom. The van der Waals surface area contributed by atoms with Gasteiger partial charge in [0.2, 0.25) is 0 Å². The first-order valence-electron chi connectivity index (χ1n) is 17.5. The summed E-state index contributed by atoms with van der Waals surface area (Å²) >= 11 is 0. The van der Waals surface area contributed by atoms with Crippen molar-refractivity contribution in [3.05, 3.63) is 0 Å². The zero-order valence-corrected chi connectivity index (χ0v) is 27.3. The van der Waals surface area contributed by atoms with Crippen molar-refractivity contribution in [3.8, 4) is 0 Å². The molecular weight excluding hydrogens is 516 g/mol. The molecule has 0 aromatic rings. The maximum absolute atomic E-state index is 12.4. The first kappa shape index (κ1) is 39.4. The molecule has 6 heteroatoms. The van der Waals surface area contributed by atoms with E-state index in [0.29, 0.717) is 19.3 Å². The molecule has 242 valence electrons. The Kier molecular flexibility index (Phi) is 30.1. The molecule has 0 bridgehead atoms. The maximum Gasteiger partial charge on any atom is 0.306 e. The highest BCUT2D eigenvalue weighted by atomic mass is 16.6. The topological polar surface area (TPSA) is 78.9 Å². The summed E-state index contributed by atoms with van der Waals surface area (Å²) in [6.07, 6.45) is 27.2. The minimum atomic E-state index is -0.752. The average Bonchev–Trinajstić information content (AvgIpc) is 2.96. The van der Waals surface area contributed by atoms with Crippen LogP contribution in [0.5, 0.6) is 0 Å². The fourth-order valence-electron chi connectivity index (χ4n) is 4.91. The lowest BCUT2D eigenvalue weighted by atomic mass is 10.1. The van der Waals surface area contributed by atoms with E-state index in [2.05, 4.69) is 20.8 Å². The van der Waals surface area contributed by atoms with Crippen LogP contribution in [0.1, 0.15) is 188 Å². The second-order valence-corrected chi connectivity index (χ2v) is 11.8. The second-order valence-electron chi connectivity index (χ2n) is 11.8. The molecule has 0 amide bonds. The molecular formula is C35H66O6. The zero-order valence-electron chi connectivity index (χ0n) is 27.3. The summed E-state index contributed by atoms with van der Waals surface area (Å²) in [5.41, 5.74) is 0. The van der Waals surface area contributed by atoms with Gasteiger partial charge in [-0.1, -0.05) is 149 Å². The molecule has 0 saturated heterocycles. The van der Waals surface area contributed by atoms with Crippen molar-refractivity contribution in [2.45, 2.75) is 194 Å². The number of hydrogen-bond donors (Lipinski definition) is 0. The maximum atomic E-state index is 12.4. The molecule has 0 rings (SSSR count). The van der Waals surface area contributed by atoms with E-state index in [1.807, 2.05) is 0 Å². The van der Waals surface area contributed by atoms with E-state index in [1.54, 1.807) is 0 Å². The number of carbonyl (C=O) groups excluding carboxylic acids is 3. The van der Waals surface area contributed by atoms with Gasteiger partial charge in [0.1, 0.15) is 13.2 Å². The molecule has 0 fully saturated rings. The number of esters is 3. The molecule has 0 aliphatic heterocycles. The standard InChI is InChI=1S/C35H66O6/c1-4-7-10-12-14-16-17-19-20-22-25-28-34(37)40-31-32(30-39-33(36)27-24-9-6-3)41-35(38)29-26-23-21-18-15-13-11-8-5-2/h32H,4-31H2,1-3H3. The SMILES string of the molecule is CCCCCCCCCCCCCC(=O)OCC(COC(=O)CCCCC)OC(=O)CCCCCCCCCCC. The van der Waals surface area contributed by atoms with Crippen molar-refractivity contribution < 1.29 is 28.6 Å². The van der Waals surface area contributed by atoms with Gasteiger partial charge in [-0.25, -0.2) is 0 Å². The molecule has 1 unspecified atom stereocenters. The molecule has 0 heterocycles. The van der Waals surface area contributed by atoms with E-state index in [-0.39, 0.29) is 31.1 Å². The van der Waals surface area contributed by atoms with Gasteiger partial charge in [0.25, 0.3) is 0 Å². The molecule has 1 atom stereocenters. The molecule has 0 spiro atoms. The van der Waals surface area contributed by atoms with E-state index in [0.717, 1.165) is 57.8 Å². The van der Waals surface area contributed by atoms with Gasteiger partial charge in [-0.05, 0) is 19.3 Å². The first-order valence-corrected chi connectivity index (χ1v) is 17.5. The van der Waals surface area contributed by atoms with Crippen LogP contribution in [0.3, 0.4) is 0 Å². The van der Waals surface area contributed by atoms with E-state index in [9.17, 15) is 14.4 Å². The van der Waals surface area contributed by atoms with Crippen molar-refractivity contribution in [3.63, 3.8) is 0 Å². The summed E-state index contributed by atoms with van der Waals surface area (Å²) in [7, 11) is 0. The summed E-state index contributed by atoms with van der Waals surface area (Å²) in [5.74, 6) is -0.901. The lowest BCUT2D eigenvalue weighted by molar-refractivity contribution is -0.167. The lowest BCUT2D eigenvalue weighted by Gasteiger charge is -2.18. The molecule has 0 radical (unpaired) electrons. The van der Waals surface area contributed by atoms with E-state index in [1.165, 1.54) is 89.9 Å². The third-order valence-electron chi connectivity index (χ3n) is 7.61. The Labute approximate surface area is 253 Å². The zero-order chi connectivity index (χ0) is 30.2. The minimum absolute atomic E-state index is 0.0669. The van der Waals surface area contributed by atoms with Crippen molar-refractivity contribution >= 4 is 17.9 Å². The highest BCUT2D eigenvalue weighted by molar-refractivity contribution is 5.71. The fourth-order valence-corrected chi connectivity index (χ4v) is 4.91. The van der Waals surface area contributed by atoms with Crippen LogP contribution in [-0.2, 0) is 28.6 Å². The molecule has 0 N–H and O–H groups in total. The Balaban J connectivity index is 4.20. The predicted molar refractivity (Wildman–Crippen MR) is 169 cm³/mol. The minimum Gasteiger partial charge on any atom is -0.462 e. The smallest absolute Gasteiger partial charge is 0.306 e. The van der Waals surface area contributed by atoms with E-state index in [4.69, 9.17) is 14.2 Å². The molecule has 0 aliphatic carbocycles. The first-order chi connectivity index (χ1) is 20.0. The molecule has 0 saturated carbocycles. The van der Waals surface area contributed by atoms with Gasteiger partial charge in [-0.15, -0.1) is 0 Å². The lowest BCUT2D eigenvalue weighted by Crippen LogP contribution is -2.30. The van der Waals surface area contributed by atoms with Crippen LogP contribution < -0.4 is 0 Å². The summed E-state index contributed by atoms with van der Waals surface area (Å²) < 4.78 is 16.3. The molecule has 0 aromatic heterocycles. The Morgan fingerprint density at radius 2 is 0.659 bits per heavy atom. The number of ether oxygens (including phenoxy) is 3. The number of unbranched alkanes of at least 4 members (excludes halogenated alkanes) is 20. The average molecular weight is 583 g/mol. The van der Waals surface area contributed by atoms with Crippen LogP contribution in [-0.4, -0.2) is 37.2 Å². The van der Waals surface area contributed by atoms with Gasteiger partial charge in [0, 0.05) is 19.3 Å². The summed E-state index contributed by atoms with van der Waals surface area (Å²) in [4.78, 5) is 36.8. The van der Waals surface area contributed by atoms with Gasteiger partial charge in [0.05, 0.1) is 0 Å².